The van der Waals surface area contributed by atoms with E-state index < -0.39 is 18.3 Å². The van der Waals surface area contributed by atoms with Gasteiger partial charge in [-0.25, -0.2) is 4.79 Å². The van der Waals surface area contributed by atoms with E-state index in [0.717, 1.165) is 12.1 Å². The number of ether oxygens (including phenoxy) is 3. The Morgan fingerprint density at radius 1 is 1.04 bits per heavy atom. The number of allylic oxidation sites excluding steroid dienone is 1. The first-order valence-electron chi connectivity index (χ1n) is 8.17. The third kappa shape index (κ3) is 6.42. The molecule has 0 spiro atoms. The van der Waals surface area contributed by atoms with Crippen molar-refractivity contribution >= 4 is 11.9 Å². The molecule has 2 rings (SSSR count). The molecule has 0 saturated heterocycles. The van der Waals surface area contributed by atoms with E-state index in [1.165, 1.54) is 18.2 Å². The van der Waals surface area contributed by atoms with Crippen LogP contribution in [0.2, 0.25) is 0 Å². The molecule has 0 unspecified atom stereocenters. The highest BCUT2D eigenvalue weighted by molar-refractivity contribution is 5.82. The van der Waals surface area contributed by atoms with E-state index >= 15 is 0 Å². The Kier molecular flexibility index (Phi) is 6.65. The van der Waals surface area contributed by atoms with Gasteiger partial charge in [-0.3, -0.25) is 4.79 Å². The predicted molar refractivity (Wildman–Crippen MR) is 85.4 cm³/mol. The zero-order valence-electron chi connectivity index (χ0n) is 14.1. The SMILES string of the molecule is CC=CC(=O)O[C@H]1CC[C@H](C(=O)Oc2ccc(OC(F)(F)F)cc2)CC1. The standard InChI is InChI=1S/C18H19F3O5/c1-2-3-16(22)24-13-6-4-12(5-7-13)17(23)25-14-8-10-15(11-9-14)26-18(19,20)21/h2-3,8-13H,4-7H2,1H3/t12-,13-. The number of carbonyl (C=O) groups excluding carboxylic acids is 2. The number of rotatable bonds is 5. The summed E-state index contributed by atoms with van der Waals surface area (Å²) in [5.41, 5.74) is 0. The van der Waals surface area contributed by atoms with Crippen molar-refractivity contribution in [2.24, 2.45) is 5.92 Å². The van der Waals surface area contributed by atoms with Crippen LogP contribution in [0.5, 0.6) is 11.5 Å². The normalized spacial score (nSPS) is 20.6. The first-order valence-corrected chi connectivity index (χ1v) is 8.17. The number of esters is 2. The van der Waals surface area contributed by atoms with Crippen LogP contribution in [-0.2, 0) is 14.3 Å². The molecule has 142 valence electrons. The molecule has 0 aliphatic heterocycles. The molecule has 1 aromatic rings. The van der Waals surface area contributed by atoms with Crippen molar-refractivity contribution in [3.63, 3.8) is 0 Å². The van der Waals surface area contributed by atoms with Crippen molar-refractivity contribution < 1.29 is 37.0 Å². The summed E-state index contributed by atoms with van der Waals surface area (Å²) in [6.07, 6.45) is 0.0874. The smallest absolute Gasteiger partial charge is 0.459 e. The highest BCUT2D eigenvalue weighted by atomic mass is 19.4. The number of benzene rings is 1. The summed E-state index contributed by atoms with van der Waals surface area (Å²) >= 11 is 0. The molecule has 5 nitrogen and oxygen atoms in total. The van der Waals surface area contributed by atoms with Gasteiger partial charge in [-0.1, -0.05) is 6.08 Å². The van der Waals surface area contributed by atoms with Crippen molar-refractivity contribution in [3.05, 3.63) is 36.4 Å². The Morgan fingerprint density at radius 3 is 2.15 bits per heavy atom. The highest BCUT2D eigenvalue weighted by Gasteiger charge is 2.31. The van der Waals surface area contributed by atoms with Crippen LogP contribution < -0.4 is 9.47 Å². The Hall–Kier alpha value is -2.51. The molecule has 0 amide bonds. The molecule has 0 N–H and O–H groups in total. The number of carbonyl (C=O) groups is 2. The van der Waals surface area contributed by atoms with Crippen LogP contribution in [0.25, 0.3) is 0 Å². The molecular formula is C18H19F3O5. The summed E-state index contributed by atoms with van der Waals surface area (Å²) in [5, 5.41) is 0. The van der Waals surface area contributed by atoms with Crippen molar-refractivity contribution in [1.82, 2.24) is 0 Å². The summed E-state index contributed by atoms with van der Waals surface area (Å²) in [7, 11) is 0. The molecule has 1 aliphatic carbocycles. The summed E-state index contributed by atoms with van der Waals surface area (Å²) in [4.78, 5) is 23.6. The van der Waals surface area contributed by atoms with Gasteiger partial charge in [0.25, 0.3) is 0 Å². The second-order valence-corrected chi connectivity index (χ2v) is 5.85. The Bertz CT molecular complexity index is 644. The Balaban J connectivity index is 1.81. The minimum atomic E-state index is -4.77. The number of hydrogen-bond donors (Lipinski definition) is 0. The minimum absolute atomic E-state index is 0.145. The third-order valence-electron chi connectivity index (χ3n) is 3.87. The van der Waals surface area contributed by atoms with Crippen LogP contribution in [0.4, 0.5) is 13.2 Å². The molecule has 0 heterocycles. The molecule has 1 fully saturated rings. The summed E-state index contributed by atoms with van der Waals surface area (Å²) in [6.45, 7) is 1.72. The van der Waals surface area contributed by atoms with Gasteiger partial charge in [-0.2, -0.15) is 0 Å². The maximum atomic E-state index is 12.2. The van der Waals surface area contributed by atoms with E-state index in [-0.39, 0.29) is 23.5 Å². The molecule has 0 radical (unpaired) electrons. The Morgan fingerprint density at radius 2 is 1.62 bits per heavy atom. The van der Waals surface area contributed by atoms with E-state index in [4.69, 9.17) is 9.47 Å². The molecule has 0 atom stereocenters. The molecule has 1 aliphatic rings. The second kappa shape index (κ2) is 8.73. The van der Waals surface area contributed by atoms with Crippen LogP contribution in [0, 0.1) is 5.92 Å². The zero-order valence-corrected chi connectivity index (χ0v) is 14.1. The van der Waals surface area contributed by atoms with E-state index in [1.54, 1.807) is 13.0 Å². The van der Waals surface area contributed by atoms with Gasteiger partial charge in [0.15, 0.2) is 0 Å². The van der Waals surface area contributed by atoms with E-state index in [9.17, 15) is 22.8 Å². The number of alkyl halides is 3. The van der Waals surface area contributed by atoms with Gasteiger partial charge in [0.2, 0.25) is 0 Å². The van der Waals surface area contributed by atoms with Gasteiger partial charge < -0.3 is 14.2 Å². The molecular weight excluding hydrogens is 353 g/mol. The topological polar surface area (TPSA) is 61.8 Å². The van der Waals surface area contributed by atoms with Gasteiger partial charge >= 0.3 is 18.3 Å². The van der Waals surface area contributed by atoms with Crippen LogP contribution >= 0.6 is 0 Å². The lowest BCUT2D eigenvalue weighted by Crippen LogP contribution is -2.29. The van der Waals surface area contributed by atoms with Gasteiger partial charge in [0.1, 0.15) is 17.6 Å². The third-order valence-corrected chi connectivity index (χ3v) is 3.87. The van der Waals surface area contributed by atoms with Gasteiger partial charge in [0, 0.05) is 6.08 Å². The summed E-state index contributed by atoms with van der Waals surface area (Å²) in [5.74, 6) is -1.43. The molecule has 8 heteroatoms. The number of halogens is 3. The zero-order chi connectivity index (χ0) is 19.2. The fourth-order valence-corrected chi connectivity index (χ4v) is 2.66. The van der Waals surface area contributed by atoms with Crippen molar-refractivity contribution in [1.29, 1.82) is 0 Å². The fraction of sp³-hybridized carbons (Fsp3) is 0.444. The average Bonchev–Trinajstić information content (AvgIpc) is 2.56. The first-order chi connectivity index (χ1) is 12.3. The summed E-state index contributed by atoms with van der Waals surface area (Å²) < 4.78 is 50.5. The lowest BCUT2D eigenvalue weighted by molar-refractivity contribution is -0.274. The van der Waals surface area contributed by atoms with Crippen LogP contribution in [0.3, 0.4) is 0 Å². The largest absolute Gasteiger partial charge is 0.573 e. The fourth-order valence-electron chi connectivity index (χ4n) is 2.66. The monoisotopic (exact) mass is 372 g/mol. The van der Waals surface area contributed by atoms with Gasteiger partial charge in [-0.05, 0) is 56.9 Å². The maximum Gasteiger partial charge on any atom is 0.573 e. The predicted octanol–water partition coefficient (Wildman–Crippen LogP) is 4.17. The second-order valence-electron chi connectivity index (χ2n) is 5.85. The molecule has 1 aromatic carbocycles. The minimum Gasteiger partial charge on any atom is -0.459 e. The van der Waals surface area contributed by atoms with Crippen molar-refractivity contribution in [2.45, 2.75) is 45.1 Å². The van der Waals surface area contributed by atoms with Crippen LogP contribution in [0.15, 0.2) is 36.4 Å². The molecule has 0 aromatic heterocycles. The Labute approximate surface area is 148 Å². The lowest BCUT2D eigenvalue weighted by atomic mass is 9.87. The first kappa shape index (κ1) is 19.8. The van der Waals surface area contributed by atoms with E-state index in [1.807, 2.05) is 0 Å². The van der Waals surface area contributed by atoms with Crippen molar-refractivity contribution in [3.8, 4) is 11.5 Å². The lowest BCUT2D eigenvalue weighted by Gasteiger charge is -2.26. The van der Waals surface area contributed by atoms with E-state index in [2.05, 4.69) is 4.74 Å². The molecule has 26 heavy (non-hydrogen) atoms. The van der Waals surface area contributed by atoms with Crippen LogP contribution in [0.1, 0.15) is 32.6 Å². The molecule has 1 saturated carbocycles. The van der Waals surface area contributed by atoms with Crippen molar-refractivity contribution in [2.75, 3.05) is 0 Å². The highest BCUT2D eigenvalue weighted by Crippen LogP contribution is 2.29. The number of hydrogen-bond acceptors (Lipinski definition) is 5. The quantitative estimate of drug-likeness (QED) is 0.441. The van der Waals surface area contributed by atoms with Crippen LogP contribution in [-0.4, -0.2) is 24.4 Å². The molecule has 0 bridgehead atoms. The van der Waals surface area contributed by atoms with E-state index in [0.29, 0.717) is 25.7 Å². The van der Waals surface area contributed by atoms with Gasteiger partial charge in [-0.15, -0.1) is 13.2 Å². The van der Waals surface area contributed by atoms with Gasteiger partial charge in [0.05, 0.1) is 5.92 Å². The maximum absolute atomic E-state index is 12.2. The average molecular weight is 372 g/mol. The summed E-state index contributed by atoms with van der Waals surface area (Å²) in [6, 6.07) is 4.63.